The second kappa shape index (κ2) is 7.71. The van der Waals surface area contributed by atoms with Crippen molar-refractivity contribution in [2.45, 2.75) is 19.9 Å². The van der Waals surface area contributed by atoms with Crippen molar-refractivity contribution >= 4 is 23.9 Å². The quantitative estimate of drug-likeness (QED) is 0.763. The number of carbonyl (C=O) groups excluding carboxylic acids is 1. The van der Waals surface area contributed by atoms with Crippen molar-refractivity contribution < 1.29 is 4.79 Å². The summed E-state index contributed by atoms with van der Waals surface area (Å²) in [7, 11) is 2.04. The highest BCUT2D eigenvalue weighted by Gasteiger charge is 2.06. The van der Waals surface area contributed by atoms with Gasteiger partial charge in [0.05, 0.1) is 0 Å². The lowest BCUT2D eigenvalue weighted by Gasteiger charge is -2.20. The monoisotopic (exact) mass is 289 g/mol. The third-order valence-corrected chi connectivity index (χ3v) is 3.19. The Labute approximate surface area is 126 Å². The van der Waals surface area contributed by atoms with E-state index in [9.17, 15) is 4.79 Å². The lowest BCUT2D eigenvalue weighted by molar-refractivity contribution is 0.0988. The summed E-state index contributed by atoms with van der Waals surface area (Å²) in [6.07, 6.45) is 0.547. The van der Waals surface area contributed by atoms with Gasteiger partial charge in [-0.1, -0.05) is 49.4 Å². The van der Waals surface area contributed by atoms with Crippen LogP contribution in [0.15, 0.2) is 54.6 Å². The lowest BCUT2D eigenvalue weighted by Crippen LogP contribution is -2.16. The first kappa shape index (κ1) is 16.3. The zero-order valence-electron chi connectivity index (χ0n) is 11.9. The van der Waals surface area contributed by atoms with Crippen LogP contribution in [-0.4, -0.2) is 12.8 Å². The summed E-state index contributed by atoms with van der Waals surface area (Å²) in [6.45, 7) is 2.73. The van der Waals surface area contributed by atoms with Gasteiger partial charge in [-0.2, -0.15) is 0 Å². The van der Waals surface area contributed by atoms with E-state index in [0.29, 0.717) is 6.42 Å². The van der Waals surface area contributed by atoms with Crippen LogP contribution in [0.5, 0.6) is 0 Å². The Morgan fingerprint density at radius 3 is 2.40 bits per heavy atom. The topological polar surface area (TPSA) is 20.3 Å². The minimum absolute atomic E-state index is 0. The second-order valence-corrected chi connectivity index (χ2v) is 4.67. The fraction of sp³-hybridized carbons (Fsp3) is 0.235. The molecule has 0 unspecified atom stereocenters. The number of nitrogens with zero attached hydrogens (tertiary/aromatic N) is 1. The van der Waals surface area contributed by atoms with Crippen molar-refractivity contribution in [3.8, 4) is 0 Å². The molecule has 2 aromatic carbocycles. The molecule has 0 aliphatic heterocycles. The Kier molecular flexibility index (Phi) is 6.26. The van der Waals surface area contributed by atoms with E-state index >= 15 is 0 Å². The van der Waals surface area contributed by atoms with Crippen molar-refractivity contribution in [2.24, 2.45) is 0 Å². The van der Waals surface area contributed by atoms with Gasteiger partial charge in [-0.05, 0) is 17.7 Å². The SMILES string of the molecule is CCC(=O)c1cccc(N(C)Cc2ccccc2)c1.Cl. The summed E-state index contributed by atoms with van der Waals surface area (Å²) in [4.78, 5) is 13.9. The van der Waals surface area contributed by atoms with Gasteiger partial charge >= 0.3 is 0 Å². The Bertz CT molecular complexity index is 554. The maximum atomic E-state index is 11.7. The molecule has 0 saturated heterocycles. The molecule has 2 aromatic rings. The molecule has 0 aliphatic carbocycles. The number of hydrogen-bond donors (Lipinski definition) is 0. The highest BCUT2D eigenvalue weighted by atomic mass is 35.5. The molecule has 0 radical (unpaired) electrons. The molecular weight excluding hydrogens is 270 g/mol. The third-order valence-electron chi connectivity index (χ3n) is 3.19. The number of carbonyl (C=O) groups is 1. The molecular formula is C17H20ClNO. The smallest absolute Gasteiger partial charge is 0.162 e. The Balaban J connectivity index is 0.00000200. The van der Waals surface area contributed by atoms with Crippen LogP contribution in [0.25, 0.3) is 0 Å². The predicted octanol–water partition coefficient (Wildman–Crippen LogP) is 4.34. The number of halogens is 1. The van der Waals surface area contributed by atoms with Crippen molar-refractivity contribution in [1.82, 2.24) is 0 Å². The number of Topliss-reactive ketones (excluding diaryl/α,β-unsaturated/α-hetero) is 1. The van der Waals surface area contributed by atoms with E-state index in [1.807, 2.05) is 56.4 Å². The third kappa shape index (κ3) is 4.10. The molecule has 20 heavy (non-hydrogen) atoms. The van der Waals surface area contributed by atoms with Crippen molar-refractivity contribution in [3.63, 3.8) is 0 Å². The van der Waals surface area contributed by atoms with Crippen LogP contribution in [0.3, 0.4) is 0 Å². The number of anilines is 1. The molecule has 2 rings (SSSR count). The van der Waals surface area contributed by atoms with Crippen LogP contribution in [-0.2, 0) is 6.54 Å². The molecule has 0 saturated carbocycles. The van der Waals surface area contributed by atoms with Crippen LogP contribution in [0.1, 0.15) is 29.3 Å². The van der Waals surface area contributed by atoms with E-state index in [-0.39, 0.29) is 18.2 Å². The van der Waals surface area contributed by atoms with Gasteiger partial charge in [-0.25, -0.2) is 0 Å². The number of benzene rings is 2. The molecule has 0 spiro atoms. The molecule has 0 aromatic heterocycles. The number of hydrogen-bond acceptors (Lipinski definition) is 2. The summed E-state index contributed by atoms with van der Waals surface area (Å²) in [5.41, 5.74) is 3.13. The fourth-order valence-electron chi connectivity index (χ4n) is 2.07. The molecule has 2 nitrogen and oxygen atoms in total. The van der Waals surface area contributed by atoms with Gasteiger partial charge in [0.2, 0.25) is 0 Å². The molecule has 0 atom stereocenters. The number of rotatable bonds is 5. The maximum absolute atomic E-state index is 11.7. The van der Waals surface area contributed by atoms with Crippen molar-refractivity contribution in [1.29, 1.82) is 0 Å². The first-order valence-electron chi connectivity index (χ1n) is 6.59. The maximum Gasteiger partial charge on any atom is 0.162 e. The molecule has 3 heteroatoms. The largest absolute Gasteiger partial charge is 0.370 e. The average molecular weight is 290 g/mol. The van der Waals surface area contributed by atoms with Gasteiger partial charge in [-0.15, -0.1) is 12.4 Å². The fourth-order valence-corrected chi connectivity index (χ4v) is 2.07. The first-order valence-corrected chi connectivity index (χ1v) is 6.59. The Morgan fingerprint density at radius 2 is 1.75 bits per heavy atom. The predicted molar refractivity (Wildman–Crippen MR) is 86.9 cm³/mol. The molecule has 0 heterocycles. The Hall–Kier alpha value is -1.80. The van der Waals surface area contributed by atoms with Gasteiger partial charge in [-0.3, -0.25) is 4.79 Å². The zero-order valence-corrected chi connectivity index (χ0v) is 12.7. The van der Waals surface area contributed by atoms with Crippen molar-refractivity contribution in [2.75, 3.05) is 11.9 Å². The van der Waals surface area contributed by atoms with Crippen molar-refractivity contribution in [3.05, 3.63) is 65.7 Å². The standard InChI is InChI=1S/C17H19NO.ClH/c1-3-17(19)15-10-7-11-16(12-15)18(2)13-14-8-5-4-6-9-14;/h4-12H,3,13H2,1-2H3;1H. The molecule has 0 fully saturated rings. The molecule has 0 N–H and O–H groups in total. The van der Waals surface area contributed by atoms with E-state index in [4.69, 9.17) is 0 Å². The van der Waals surface area contributed by atoms with Gasteiger partial charge in [0.15, 0.2) is 5.78 Å². The minimum Gasteiger partial charge on any atom is -0.370 e. The van der Waals surface area contributed by atoms with Crippen LogP contribution < -0.4 is 4.90 Å². The second-order valence-electron chi connectivity index (χ2n) is 4.67. The number of ketones is 1. The van der Waals surface area contributed by atoms with E-state index in [2.05, 4.69) is 17.0 Å². The summed E-state index contributed by atoms with van der Waals surface area (Å²) in [6, 6.07) is 18.1. The van der Waals surface area contributed by atoms with Gasteiger partial charge in [0, 0.05) is 31.3 Å². The van der Waals surface area contributed by atoms with Gasteiger partial charge < -0.3 is 4.90 Å². The molecule has 0 aliphatic rings. The minimum atomic E-state index is 0. The molecule has 0 bridgehead atoms. The highest BCUT2D eigenvalue weighted by Crippen LogP contribution is 2.18. The average Bonchev–Trinajstić information content (AvgIpc) is 2.47. The van der Waals surface area contributed by atoms with Crippen LogP contribution in [0.2, 0.25) is 0 Å². The summed E-state index contributed by atoms with van der Waals surface area (Å²) in [5, 5.41) is 0. The van der Waals surface area contributed by atoms with Gasteiger partial charge in [0.1, 0.15) is 0 Å². The lowest BCUT2D eigenvalue weighted by atomic mass is 10.1. The van der Waals surface area contributed by atoms with Crippen LogP contribution in [0, 0.1) is 0 Å². The Morgan fingerprint density at radius 1 is 1.05 bits per heavy atom. The summed E-state index contributed by atoms with van der Waals surface area (Å²) >= 11 is 0. The van der Waals surface area contributed by atoms with Crippen LogP contribution in [0.4, 0.5) is 5.69 Å². The normalized spacial score (nSPS) is 9.70. The van der Waals surface area contributed by atoms with E-state index in [0.717, 1.165) is 17.8 Å². The zero-order chi connectivity index (χ0) is 13.7. The molecule has 106 valence electrons. The summed E-state index contributed by atoms with van der Waals surface area (Å²) < 4.78 is 0. The van der Waals surface area contributed by atoms with Crippen LogP contribution >= 0.6 is 12.4 Å². The highest BCUT2D eigenvalue weighted by molar-refractivity contribution is 5.96. The van der Waals surface area contributed by atoms with E-state index in [1.54, 1.807) is 0 Å². The van der Waals surface area contributed by atoms with Gasteiger partial charge in [0.25, 0.3) is 0 Å². The first-order chi connectivity index (χ1) is 9.20. The van der Waals surface area contributed by atoms with E-state index < -0.39 is 0 Å². The molecule has 0 amide bonds. The van der Waals surface area contributed by atoms with E-state index in [1.165, 1.54) is 5.56 Å². The summed E-state index contributed by atoms with van der Waals surface area (Å²) in [5.74, 6) is 0.190.